The van der Waals surface area contributed by atoms with Crippen molar-refractivity contribution >= 4 is 0 Å². The highest BCUT2D eigenvalue weighted by atomic mass is 16.6. The number of ether oxygens (including phenoxy) is 2. The van der Waals surface area contributed by atoms with Crippen molar-refractivity contribution in [2.75, 3.05) is 6.61 Å². The Bertz CT molecular complexity index is 598. The van der Waals surface area contributed by atoms with Gasteiger partial charge in [0.15, 0.2) is 0 Å². The molecule has 0 spiro atoms. The van der Waals surface area contributed by atoms with E-state index in [9.17, 15) is 5.11 Å². The average Bonchev–Trinajstić information content (AvgIpc) is 3.29. The van der Waals surface area contributed by atoms with E-state index in [0.29, 0.717) is 13.0 Å². The summed E-state index contributed by atoms with van der Waals surface area (Å²) in [6.07, 6.45) is 3.53. The lowest BCUT2D eigenvalue weighted by Crippen LogP contribution is -2.30. The van der Waals surface area contributed by atoms with Gasteiger partial charge in [-0.05, 0) is 24.1 Å². The predicted octanol–water partition coefficient (Wildman–Crippen LogP) is 2.70. The third-order valence-electron chi connectivity index (χ3n) is 4.59. The smallest absolute Gasteiger partial charge is 0.103 e. The third-order valence-corrected chi connectivity index (χ3v) is 4.59. The molecular weight excluding hydrogens is 320 g/mol. The zero-order chi connectivity index (χ0) is 17.5. The molecular formula is C20H26O5. The van der Waals surface area contributed by atoms with Gasteiger partial charge in [-0.2, -0.15) is 0 Å². The lowest BCUT2D eigenvalue weighted by atomic mass is 10.0. The van der Waals surface area contributed by atoms with Gasteiger partial charge in [0.25, 0.3) is 0 Å². The molecule has 0 saturated carbocycles. The van der Waals surface area contributed by atoms with Crippen molar-refractivity contribution in [1.29, 1.82) is 0 Å². The first-order chi connectivity index (χ1) is 12.2. The van der Waals surface area contributed by atoms with Crippen molar-refractivity contribution in [2.24, 2.45) is 0 Å². The van der Waals surface area contributed by atoms with Crippen molar-refractivity contribution in [3.63, 3.8) is 0 Å². The number of hydrogen-bond donors (Lipinski definition) is 2. The Hall–Kier alpha value is -1.66. The van der Waals surface area contributed by atoms with E-state index >= 15 is 0 Å². The quantitative estimate of drug-likeness (QED) is 0.730. The largest absolute Gasteiger partial charge is 0.469 e. The topological polar surface area (TPSA) is 72.1 Å². The summed E-state index contributed by atoms with van der Waals surface area (Å²) in [5.74, 6) is 0.948. The van der Waals surface area contributed by atoms with Crippen LogP contribution in [0, 0.1) is 0 Å². The molecule has 25 heavy (non-hydrogen) atoms. The molecule has 1 aromatic heterocycles. The number of aryl methyl sites for hydroxylation is 1. The van der Waals surface area contributed by atoms with E-state index < -0.39 is 6.10 Å². The molecule has 1 saturated heterocycles. The summed E-state index contributed by atoms with van der Waals surface area (Å²) in [5, 5.41) is 18.9. The van der Waals surface area contributed by atoms with Gasteiger partial charge in [-0.3, -0.25) is 0 Å². The minimum absolute atomic E-state index is 0.0711. The maximum Gasteiger partial charge on any atom is 0.103 e. The second-order valence-corrected chi connectivity index (χ2v) is 6.56. The molecule has 2 N–H and O–H groups in total. The Kier molecular flexibility index (Phi) is 6.64. The first-order valence-electron chi connectivity index (χ1n) is 8.87. The summed E-state index contributed by atoms with van der Waals surface area (Å²) in [7, 11) is 0. The monoisotopic (exact) mass is 346 g/mol. The summed E-state index contributed by atoms with van der Waals surface area (Å²) in [4.78, 5) is 0. The van der Waals surface area contributed by atoms with Crippen LogP contribution >= 0.6 is 0 Å². The average molecular weight is 346 g/mol. The Labute approximate surface area is 148 Å². The van der Waals surface area contributed by atoms with Crippen LogP contribution in [-0.4, -0.2) is 41.2 Å². The van der Waals surface area contributed by atoms with Crippen molar-refractivity contribution in [3.8, 4) is 0 Å². The summed E-state index contributed by atoms with van der Waals surface area (Å²) in [6, 6.07) is 13.9. The normalized spacial score (nSPS) is 24.5. The van der Waals surface area contributed by atoms with Gasteiger partial charge in [-0.25, -0.2) is 0 Å². The van der Waals surface area contributed by atoms with Crippen LogP contribution in [0.5, 0.6) is 0 Å². The minimum Gasteiger partial charge on any atom is -0.469 e. The molecule has 2 heterocycles. The molecule has 4 atom stereocenters. The van der Waals surface area contributed by atoms with Gasteiger partial charge in [-0.15, -0.1) is 0 Å². The zero-order valence-corrected chi connectivity index (χ0v) is 14.3. The molecule has 136 valence electrons. The van der Waals surface area contributed by atoms with Crippen LogP contribution in [0.1, 0.15) is 30.6 Å². The molecule has 3 rings (SSSR count). The number of hydrogen-bond acceptors (Lipinski definition) is 5. The van der Waals surface area contributed by atoms with Crippen molar-refractivity contribution in [3.05, 3.63) is 60.1 Å². The van der Waals surface area contributed by atoms with Gasteiger partial charge in [-0.1, -0.05) is 30.3 Å². The first kappa shape index (κ1) is 18.1. The summed E-state index contributed by atoms with van der Waals surface area (Å²) < 4.78 is 17.5. The van der Waals surface area contributed by atoms with E-state index in [2.05, 4.69) is 0 Å². The molecule has 0 amide bonds. The van der Waals surface area contributed by atoms with E-state index in [-0.39, 0.29) is 24.9 Å². The molecule has 1 fully saturated rings. The van der Waals surface area contributed by atoms with Crippen LogP contribution in [0.15, 0.2) is 53.1 Å². The predicted molar refractivity (Wildman–Crippen MR) is 93.0 cm³/mol. The van der Waals surface area contributed by atoms with Gasteiger partial charge >= 0.3 is 0 Å². The van der Waals surface area contributed by atoms with E-state index in [1.165, 1.54) is 0 Å². The fourth-order valence-corrected chi connectivity index (χ4v) is 3.25. The molecule has 4 unspecified atom stereocenters. The van der Waals surface area contributed by atoms with Crippen molar-refractivity contribution in [2.45, 2.75) is 56.7 Å². The molecule has 0 bridgehead atoms. The first-order valence-corrected chi connectivity index (χ1v) is 8.87. The summed E-state index contributed by atoms with van der Waals surface area (Å²) in [5.41, 5.74) is 1.11. The van der Waals surface area contributed by atoms with Crippen LogP contribution in [0.3, 0.4) is 0 Å². The number of benzene rings is 1. The van der Waals surface area contributed by atoms with Crippen molar-refractivity contribution in [1.82, 2.24) is 0 Å². The van der Waals surface area contributed by atoms with Crippen LogP contribution in [0.4, 0.5) is 0 Å². The fourth-order valence-electron chi connectivity index (χ4n) is 3.25. The Morgan fingerprint density at radius 1 is 1.16 bits per heavy atom. The lowest BCUT2D eigenvalue weighted by Gasteiger charge is -2.21. The lowest BCUT2D eigenvalue weighted by molar-refractivity contribution is -0.0563. The fraction of sp³-hybridized carbons (Fsp3) is 0.500. The summed E-state index contributed by atoms with van der Waals surface area (Å²) in [6.45, 7) is 0.258. The van der Waals surface area contributed by atoms with Crippen LogP contribution < -0.4 is 0 Å². The highest BCUT2D eigenvalue weighted by molar-refractivity contribution is 5.13. The SMILES string of the molecule is OCC(O)CC1OC(CCc2ccco2)CC1OCc1ccccc1. The van der Waals surface area contributed by atoms with Crippen molar-refractivity contribution < 1.29 is 24.1 Å². The Balaban J connectivity index is 1.55. The molecule has 1 aromatic carbocycles. The second-order valence-electron chi connectivity index (χ2n) is 6.56. The zero-order valence-electron chi connectivity index (χ0n) is 14.3. The molecule has 0 radical (unpaired) electrons. The number of rotatable bonds is 9. The van der Waals surface area contributed by atoms with E-state index in [4.69, 9.17) is 19.0 Å². The maximum atomic E-state index is 9.79. The number of aliphatic hydroxyl groups is 2. The number of furan rings is 1. The van der Waals surface area contributed by atoms with Crippen LogP contribution in [0.25, 0.3) is 0 Å². The van der Waals surface area contributed by atoms with Gasteiger partial charge in [0, 0.05) is 19.3 Å². The molecule has 5 heteroatoms. The highest BCUT2D eigenvalue weighted by Crippen LogP contribution is 2.30. The molecule has 0 aliphatic carbocycles. The van der Waals surface area contributed by atoms with E-state index in [1.54, 1.807) is 6.26 Å². The van der Waals surface area contributed by atoms with Gasteiger partial charge < -0.3 is 24.1 Å². The molecule has 5 nitrogen and oxygen atoms in total. The minimum atomic E-state index is -0.781. The Morgan fingerprint density at radius 3 is 2.72 bits per heavy atom. The second kappa shape index (κ2) is 9.15. The summed E-state index contributed by atoms with van der Waals surface area (Å²) >= 11 is 0. The number of aliphatic hydroxyl groups excluding tert-OH is 2. The third kappa shape index (κ3) is 5.41. The van der Waals surface area contributed by atoms with Gasteiger partial charge in [0.05, 0.1) is 43.9 Å². The van der Waals surface area contributed by atoms with Gasteiger partial charge in [0.2, 0.25) is 0 Å². The maximum absolute atomic E-state index is 9.79. The highest BCUT2D eigenvalue weighted by Gasteiger charge is 2.36. The molecule has 1 aliphatic rings. The van der Waals surface area contributed by atoms with Crippen LogP contribution in [-0.2, 0) is 22.5 Å². The van der Waals surface area contributed by atoms with E-state index in [0.717, 1.165) is 30.6 Å². The Morgan fingerprint density at radius 2 is 2.00 bits per heavy atom. The standard InChI is InChI=1S/C20H26O5/c21-13-16(22)11-20-19(24-14-15-5-2-1-3-6-15)12-18(25-20)9-8-17-7-4-10-23-17/h1-7,10,16,18-22H,8-9,11-14H2. The molecule has 2 aromatic rings. The van der Waals surface area contributed by atoms with E-state index in [1.807, 2.05) is 42.5 Å². The van der Waals surface area contributed by atoms with Crippen LogP contribution in [0.2, 0.25) is 0 Å². The van der Waals surface area contributed by atoms with Gasteiger partial charge in [0.1, 0.15) is 5.76 Å². The molecule has 1 aliphatic heterocycles.